The topological polar surface area (TPSA) is 84.8 Å². The van der Waals surface area contributed by atoms with E-state index in [0.717, 1.165) is 32.3 Å². The van der Waals surface area contributed by atoms with Gasteiger partial charge in [-0.3, -0.25) is 9.78 Å². The molecule has 1 aliphatic heterocycles. The summed E-state index contributed by atoms with van der Waals surface area (Å²) in [5.41, 5.74) is 0.284. The Morgan fingerprint density at radius 2 is 2.12 bits per heavy atom. The zero-order valence-corrected chi connectivity index (χ0v) is 15.3. The number of aromatic amines is 1. The quantitative estimate of drug-likeness (QED) is 0.874. The van der Waals surface area contributed by atoms with Crippen molar-refractivity contribution in [1.29, 1.82) is 0 Å². The number of rotatable bonds is 2. The van der Waals surface area contributed by atoms with Gasteiger partial charge in [0.1, 0.15) is 5.39 Å². The van der Waals surface area contributed by atoms with Crippen molar-refractivity contribution >= 4 is 17.0 Å². The van der Waals surface area contributed by atoms with Crippen LogP contribution in [0.2, 0.25) is 0 Å². The van der Waals surface area contributed by atoms with Crippen LogP contribution in [0.15, 0.2) is 11.0 Å². The molecule has 1 unspecified atom stereocenters. The van der Waals surface area contributed by atoms with Gasteiger partial charge in [0.2, 0.25) is 5.95 Å². The molecule has 1 spiro atoms. The van der Waals surface area contributed by atoms with E-state index in [1.807, 2.05) is 4.68 Å². The van der Waals surface area contributed by atoms with Crippen molar-refractivity contribution in [3.05, 3.63) is 16.6 Å². The summed E-state index contributed by atoms with van der Waals surface area (Å²) in [5, 5.41) is 8.33. The van der Waals surface area contributed by atoms with E-state index in [4.69, 9.17) is 4.74 Å². The van der Waals surface area contributed by atoms with Crippen LogP contribution in [-0.2, 0) is 10.3 Å². The lowest BCUT2D eigenvalue weighted by Gasteiger charge is -2.38. The van der Waals surface area contributed by atoms with Crippen molar-refractivity contribution in [2.24, 2.45) is 0 Å². The van der Waals surface area contributed by atoms with E-state index in [-0.39, 0.29) is 22.7 Å². The maximum absolute atomic E-state index is 12.4. The Morgan fingerprint density at radius 3 is 2.84 bits per heavy atom. The fourth-order valence-electron chi connectivity index (χ4n) is 4.19. The summed E-state index contributed by atoms with van der Waals surface area (Å²) < 4.78 is 7.90. The van der Waals surface area contributed by atoms with Crippen LogP contribution in [0.3, 0.4) is 0 Å². The summed E-state index contributed by atoms with van der Waals surface area (Å²) in [6.45, 7) is 6.93. The largest absolute Gasteiger partial charge is 0.375 e. The summed E-state index contributed by atoms with van der Waals surface area (Å²) in [5.74, 6) is 0.531. The van der Waals surface area contributed by atoms with E-state index in [0.29, 0.717) is 17.0 Å². The Labute approximate surface area is 147 Å². The molecule has 7 heteroatoms. The molecule has 0 aromatic carbocycles. The van der Waals surface area contributed by atoms with Gasteiger partial charge in [-0.15, -0.1) is 0 Å². The Morgan fingerprint density at radius 1 is 1.36 bits per heavy atom. The first-order valence-electron chi connectivity index (χ1n) is 9.25. The molecule has 2 fully saturated rings. The van der Waals surface area contributed by atoms with Crippen molar-refractivity contribution in [2.75, 3.05) is 11.9 Å². The molecule has 1 aliphatic carbocycles. The fourth-order valence-corrected chi connectivity index (χ4v) is 4.19. The lowest BCUT2D eigenvalue weighted by atomic mass is 9.89. The van der Waals surface area contributed by atoms with Gasteiger partial charge in [-0.2, -0.15) is 10.1 Å². The van der Waals surface area contributed by atoms with Crippen LogP contribution in [0, 0.1) is 0 Å². The summed E-state index contributed by atoms with van der Waals surface area (Å²) in [7, 11) is 0. The monoisotopic (exact) mass is 345 g/mol. The third kappa shape index (κ3) is 3.05. The molecule has 2 aromatic rings. The Hall–Kier alpha value is -1.89. The molecule has 25 heavy (non-hydrogen) atoms. The van der Waals surface area contributed by atoms with Crippen LogP contribution in [-0.4, -0.2) is 38.0 Å². The second kappa shape index (κ2) is 5.83. The van der Waals surface area contributed by atoms with Crippen LogP contribution in [0.5, 0.6) is 0 Å². The van der Waals surface area contributed by atoms with Gasteiger partial charge in [-0.25, -0.2) is 4.68 Å². The summed E-state index contributed by atoms with van der Waals surface area (Å²) in [6, 6.07) is 0.276. The first-order chi connectivity index (χ1) is 11.9. The molecule has 2 aromatic heterocycles. The highest BCUT2D eigenvalue weighted by atomic mass is 16.5. The molecular formula is C18H27N5O2. The normalized spacial score (nSPS) is 23.4. The van der Waals surface area contributed by atoms with E-state index in [9.17, 15) is 4.79 Å². The minimum absolute atomic E-state index is 0.0352. The zero-order valence-electron chi connectivity index (χ0n) is 15.3. The van der Waals surface area contributed by atoms with Crippen LogP contribution in [0.4, 0.5) is 5.95 Å². The van der Waals surface area contributed by atoms with Crippen molar-refractivity contribution in [1.82, 2.24) is 19.7 Å². The average Bonchev–Trinajstić information content (AvgIpc) is 3.14. The highest BCUT2D eigenvalue weighted by molar-refractivity contribution is 5.74. The van der Waals surface area contributed by atoms with Gasteiger partial charge >= 0.3 is 0 Å². The van der Waals surface area contributed by atoms with Crippen molar-refractivity contribution < 1.29 is 4.74 Å². The van der Waals surface area contributed by atoms with Crippen molar-refractivity contribution in [3.63, 3.8) is 0 Å². The number of nitrogens with one attached hydrogen (secondary N) is 2. The number of hydrogen-bond donors (Lipinski definition) is 2. The molecular weight excluding hydrogens is 318 g/mol. The number of anilines is 1. The van der Waals surface area contributed by atoms with E-state index >= 15 is 0 Å². The molecule has 136 valence electrons. The minimum Gasteiger partial charge on any atom is -0.375 e. The molecule has 1 atom stereocenters. The molecule has 0 bridgehead atoms. The number of H-pyrrole nitrogens is 1. The molecule has 7 nitrogen and oxygen atoms in total. The predicted molar refractivity (Wildman–Crippen MR) is 96.9 cm³/mol. The van der Waals surface area contributed by atoms with Gasteiger partial charge in [-0.05, 0) is 46.5 Å². The SMILES string of the molecule is CC(C)(C)n1ncc2c(=O)[nH]c(NC3CCOC4(CCCC4)C3)nc21. The van der Waals surface area contributed by atoms with Crippen molar-refractivity contribution in [2.45, 2.75) is 76.5 Å². The number of fused-ring (bicyclic) bond motifs is 1. The van der Waals surface area contributed by atoms with Gasteiger partial charge in [0.25, 0.3) is 5.56 Å². The number of aromatic nitrogens is 4. The molecule has 0 radical (unpaired) electrons. The standard InChI is InChI=1S/C18H27N5O2/c1-17(2,3)23-14-13(11-19-23)15(24)22-16(21-14)20-12-6-9-25-18(10-12)7-4-5-8-18/h11-12H,4-10H2,1-3H3,(H2,20,21,22,24). The lowest BCUT2D eigenvalue weighted by Crippen LogP contribution is -2.43. The van der Waals surface area contributed by atoms with Gasteiger partial charge in [0.15, 0.2) is 5.65 Å². The number of hydrogen-bond acceptors (Lipinski definition) is 5. The molecule has 2 N–H and O–H groups in total. The number of ether oxygens (including phenoxy) is 1. The van der Waals surface area contributed by atoms with E-state index < -0.39 is 0 Å². The predicted octanol–water partition coefficient (Wildman–Crippen LogP) is 2.78. The molecule has 1 saturated heterocycles. The zero-order chi connectivity index (χ0) is 17.7. The van der Waals surface area contributed by atoms with Gasteiger partial charge < -0.3 is 10.1 Å². The van der Waals surface area contributed by atoms with E-state index in [1.54, 1.807) is 6.20 Å². The van der Waals surface area contributed by atoms with Crippen molar-refractivity contribution in [3.8, 4) is 0 Å². The van der Waals surface area contributed by atoms with Crippen LogP contribution in [0.25, 0.3) is 11.0 Å². The molecule has 3 heterocycles. The highest BCUT2D eigenvalue weighted by Crippen LogP contribution is 2.40. The smallest absolute Gasteiger partial charge is 0.263 e. The van der Waals surface area contributed by atoms with Gasteiger partial charge in [0.05, 0.1) is 17.3 Å². The summed E-state index contributed by atoms with van der Waals surface area (Å²) >= 11 is 0. The minimum atomic E-state index is -0.230. The maximum Gasteiger partial charge on any atom is 0.263 e. The first kappa shape index (κ1) is 16.6. The van der Waals surface area contributed by atoms with Crippen LogP contribution >= 0.6 is 0 Å². The molecule has 0 amide bonds. The van der Waals surface area contributed by atoms with E-state index in [1.165, 1.54) is 12.8 Å². The Kier molecular flexibility index (Phi) is 3.86. The van der Waals surface area contributed by atoms with Gasteiger partial charge in [-0.1, -0.05) is 12.8 Å². The first-order valence-corrected chi connectivity index (χ1v) is 9.25. The number of nitrogens with zero attached hydrogens (tertiary/aromatic N) is 3. The van der Waals surface area contributed by atoms with Crippen LogP contribution in [0.1, 0.15) is 59.3 Å². The average molecular weight is 345 g/mol. The van der Waals surface area contributed by atoms with Crippen LogP contribution < -0.4 is 10.9 Å². The third-order valence-corrected chi connectivity index (χ3v) is 5.42. The molecule has 4 rings (SSSR count). The van der Waals surface area contributed by atoms with E-state index in [2.05, 4.69) is 41.2 Å². The summed E-state index contributed by atoms with van der Waals surface area (Å²) in [4.78, 5) is 20.0. The van der Waals surface area contributed by atoms with Gasteiger partial charge in [0, 0.05) is 12.6 Å². The Balaban J connectivity index is 1.62. The third-order valence-electron chi connectivity index (χ3n) is 5.42. The molecule has 1 saturated carbocycles. The second-order valence-corrected chi connectivity index (χ2v) is 8.45. The lowest BCUT2D eigenvalue weighted by molar-refractivity contribution is -0.0767. The highest BCUT2D eigenvalue weighted by Gasteiger charge is 2.40. The maximum atomic E-state index is 12.4. The molecule has 2 aliphatic rings. The second-order valence-electron chi connectivity index (χ2n) is 8.45. The Bertz CT molecular complexity index is 826. The summed E-state index contributed by atoms with van der Waals surface area (Å²) in [6.07, 6.45) is 8.29. The fraction of sp³-hybridized carbons (Fsp3) is 0.722.